The summed E-state index contributed by atoms with van der Waals surface area (Å²) in [4.78, 5) is 11.4. The second-order valence-electron chi connectivity index (χ2n) is 7.54. The van der Waals surface area contributed by atoms with Gasteiger partial charge in [0, 0.05) is 6.04 Å². The van der Waals surface area contributed by atoms with E-state index in [1.54, 1.807) is 0 Å². The lowest BCUT2D eigenvalue weighted by Crippen LogP contribution is -2.38. The smallest absolute Gasteiger partial charge is 0.266 e. The van der Waals surface area contributed by atoms with Gasteiger partial charge in [0.1, 0.15) is 0 Å². The van der Waals surface area contributed by atoms with Crippen molar-refractivity contribution in [2.75, 3.05) is 5.75 Å². The first-order valence-electron chi connectivity index (χ1n) is 10.8. The van der Waals surface area contributed by atoms with Crippen molar-refractivity contribution < 1.29 is 17.8 Å². The van der Waals surface area contributed by atoms with E-state index in [9.17, 15) is 13.2 Å². The predicted octanol–water partition coefficient (Wildman–Crippen LogP) is 5.42. The van der Waals surface area contributed by atoms with E-state index in [1.807, 2.05) is 0 Å². The molecule has 27 heavy (non-hydrogen) atoms. The minimum atomic E-state index is -4.10. The summed E-state index contributed by atoms with van der Waals surface area (Å²) in [5, 5.41) is 2.57. The molecule has 1 amide bonds. The molecule has 0 rings (SSSR count). The molecule has 5 nitrogen and oxygen atoms in total. The molecule has 0 aliphatic heterocycles. The Balaban J connectivity index is 3.59. The van der Waals surface area contributed by atoms with Crippen molar-refractivity contribution in [3.8, 4) is 0 Å². The predicted molar refractivity (Wildman–Crippen MR) is 113 cm³/mol. The number of unbranched alkanes of at least 4 members (excludes halogenated alkanes) is 13. The van der Waals surface area contributed by atoms with Gasteiger partial charge in [-0.15, -0.1) is 0 Å². The molecular weight excluding hydrogens is 362 g/mol. The van der Waals surface area contributed by atoms with Crippen LogP contribution in [0, 0.1) is 0 Å². The number of hydrogen-bond donors (Lipinski definition) is 2. The Kier molecular flexibility index (Phi) is 16.7. The lowest BCUT2D eigenvalue weighted by Gasteiger charge is -2.16. The van der Waals surface area contributed by atoms with E-state index >= 15 is 0 Å². The van der Waals surface area contributed by atoms with E-state index in [0.717, 1.165) is 25.3 Å². The maximum atomic E-state index is 11.4. The molecule has 0 radical (unpaired) electrons. The van der Waals surface area contributed by atoms with Gasteiger partial charge in [-0.1, -0.05) is 103 Å². The first-order valence-corrected chi connectivity index (χ1v) is 12.4. The van der Waals surface area contributed by atoms with Crippen LogP contribution in [0.1, 0.15) is 103 Å². The van der Waals surface area contributed by atoms with Gasteiger partial charge in [0.25, 0.3) is 10.1 Å². The third kappa shape index (κ3) is 19.7. The molecule has 0 saturated heterocycles. The zero-order valence-corrected chi connectivity index (χ0v) is 18.1. The molecule has 0 bridgehead atoms. The van der Waals surface area contributed by atoms with Gasteiger partial charge < -0.3 is 5.32 Å². The van der Waals surface area contributed by atoms with Gasteiger partial charge in [0.05, 0.1) is 5.75 Å². The Morgan fingerprint density at radius 3 is 1.67 bits per heavy atom. The second-order valence-corrected chi connectivity index (χ2v) is 9.04. The normalized spacial score (nSPS) is 12.7. The van der Waals surface area contributed by atoms with Crippen LogP contribution in [0.25, 0.3) is 0 Å². The lowest BCUT2D eigenvalue weighted by molar-refractivity contribution is -0.117. The molecule has 0 aliphatic carbocycles. The molecule has 1 atom stereocenters. The van der Waals surface area contributed by atoms with E-state index in [4.69, 9.17) is 4.55 Å². The molecule has 0 aromatic heterocycles. The summed E-state index contributed by atoms with van der Waals surface area (Å²) >= 11 is 0. The second kappa shape index (κ2) is 17.2. The maximum Gasteiger partial charge on any atom is 0.266 e. The van der Waals surface area contributed by atoms with Crippen LogP contribution in [-0.4, -0.2) is 30.7 Å². The van der Waals surface area contributed by atoms with Gasteiger partial charge in [0.2, 0.25) is 5.91 Å². The van der Waals surface area contributed by atoms with E-state index in [2.05, 4.69) is 18.8 Å². The van der Waals surface area contributed by atoms with E-state index in [0.29, 0.717) is 6.42 Å². The SMILES string of the molecule is C=CC(=O)NC(CCCCCCCCCCCCCCCC)CS(=O)(=O)O. The topological polar surface area (TPSA) is 83.5 Å². The average Bonchev–Trinajstić information content (AvgIpc) is 2.60. The van der Waals surface area contributed by atoms with E-state index < -0.39 is 27.8 Å². The highest BCUT2D eigenvalue weighted by Crippen LogP contribution is 2.14. The summed E-state index contributed by atoms with van der Waals surface area (Å²) in [6.45, 7) is 5.61. The molecule has 0 aromatic rings. The summed E-state index contributed by atoms with van der Waals surface area (Å²) in [6, 6.07) is -0.553. The van der Waals surface area contributed by atoms with Gasteiger partial charge in [0.15, 0.2) is 0 Å². The zero-order valence-electron chi connectivity index (χ0n) is 17.3. The number of carbonyl (C=O) groups excluding carboxylic acids is 1. The number of rotatable bonds is 19. The Labute approximate surface area is 167 Å². The fourth-order valence-electron chi connectivity index (χ4n) is 3.30. The summed E-state index contributed by atoms with van der Waals surface area (Å²) in [6.07, 6.45) is 19.3. The standard InChI is InChI=1S/C21H41NO4S/c1-3-5-6-7-8-9-10-11-12-13-14-15-16-17-18-20(19-27(24,25)26)22-21(23)4-2/h4,20H,2-3,5-19H2,1H3,(H,22,23)(H,24,25,26). The lowest BCUT2D eigenvalue weighted by atomic mass is 10.0. The van der Waals surface area contributed by atoms with E-state index in [1.165, 1.54) is 70.6 Å². The quantitative estimate of drug-likeness (QED) is 0.171. The van der Waals surface area contributed by atoms with Crippen LogP contribution in [0.3, 0.4) is 0 Å². The van der Waals surface area contributed by atoms with Crippen molar-refractivity contribution in [1.82, 2.24) is 5.32 Å². The first kappa shape index (κ1) is 26.1. The highest BCUT2D eigenvalue weighted by molar-refractivity contribution is 7.85. The molecule has 0 aliphatic rings. The third-order valence-corrected chi connectivity index (χ3v) is 5.67. The van der Waals surface area contributed by atoms with Gasteiger partial charge in [-0.2, -0.15) is 8.42 Å². The molecule has 0 aromatic carbocycles. The molecule has 2 N–H and O–H groups in total. The van der Waals surface area contributed by atoms with Gasteiger partial charge in [-0.25, -0.2) is 0 Å². The summed E-state index contributed by atoms with van der Waals surface area (Å²) in [5.74, 6) is -0.848. The summed E-state index contributed by atoms with van der Waals surface area (Å²) in [5.41, 5.74) is 0. The number of carbonyl (C=O) groups is 1. The van der Waals surface area contributed by atoms with Crippen LogP contribution in [0.2, 0.25) is 0 Å². The Bertz CT molecular complexity index is 477. The average molecular weight is 404 g/mol. The highest BCUT2D eigenvalue weighted by atomic mass is 32.2. The molecule has 6 heteroatoms. The Morgan fingerprint density at radius 2 is 1.30 bits per heavy atom. The number of hydrogen-bond acceptors (Lipinski definition) is 3. The van der Waals surface area contributed by atoms with Crippen LogP contribution < -0.4 is 5.32 Å². The molecule has 1 unspecified atom stereocenters. The van der Waals surface area contributed by atoms with Crippen LogP contribution in [0.5, 0.6) is 0 Å². The highest BCUT2D eigenvalue weighted by Gasteiger charge is 2.17. The van der Waals surface area contributed by atoms with Crippen LogP contribution in [0.15, 0.2) is 12.7 Å². The largest absolute Gasteiger partial charge is 0.349 e. The fraction of sp³-hybridized carbons (Fsp3) is 0.857. The maximum absolute atomic E-state index is 11.4. The number of nitrogens with one attached hydrogen (secondary N) is 1. The van der Waals surface area contributed by atoms with Gasteiger partial charge in [-0.3, -0.25) is 9.35 Å². The molecule has 0 fully saturated rings. The van der Waals surface area contributed by atoms with Crippen molar-refractivity contribution in [2.24, 2.45) is 0 Å². The summed E-state index contributed by atoms with van der Waals surface area (Å²) < 4.78 is 31.1. The van der Waals surface area contributed by atoms with Crippen molar-refractivity contribution in [3.63, 3.8) is 0 Å². The van der Waals surface area contributed by atoms with Crippen molar-refractivity contribution in [3.05, 3.63) is 12.7 Å². The van der Waals surface area contributed by atoms with Gasteiger partial charge in [-0.05, 0) is 12.5 Å². The molecule has 160 valence electrons. The minimum absolute atomic E-state index is 0.408. The Hall–Kier alpha value is -0.880. The van der Waals surface area contributed by atoms with Crippen LogP contribution >= 0.6 is 0 Å². The molecule has 0 heterocycles. The van der Waals surface area contributed by atoms with Crippen molar-refractivity contribution in [2.45, 2.75) is 109 Å². The van der Waals surface area contributed by atoms with Crippen LogP contribution in [-0.2, 0) is 14.9 Å². The van der Waals surface area contributed by atoms with Crippen molar-refractivity contribution >= 4 is 16.0 Å². The fourth-order valence-corrected chi connectivity index (χ4v) is 4.06. The monoisotopic (exact) mass is 403 g/mol. The number of amides is 1. The first-order chi connectivity index (χ1) is 12.9. The van der Waals surface area contributed by atoms with E-state index in [-0.39, 0.29) is 0 Å². The van der Waals surface area contributed by atoms with Crippen LogP contribution in [0.4, 0.5) is 0 Å². The minimum Gasteiger partial charge on any atom is -0.349 e. The molecule has 0 spiro atoms. The Morgan fingerprint density at radius 1 is 0.889 bits per heavy atom. The summed E-state index contributed by atoms with van der Waals surface area (Å²) in [7, 11) is -4.10. The van der Waals surface area contributed by atoms with Gasteiger partial charge >= 0.3 is 0 Å². The molecular formula is C21H41NO4S. The molecule has 0 saturated carbocycles. The van der Waals surface area contributed by atoms with Crippen molar-refractivity contribution in [1.29, 1.82) is 0 Å². The zero-order chi connectivity index (χ0) is 20.4. The third-order valence-electron chi connectivity index (χ3n) is 4.85.